The lowest BCUT2D eigenvalue weighted by Gasteiger charge is -2.13. The van der Waals surface area contributed by atoms with Gasteiger partial charge in [-0.15, -0.1) is 5.10 Å². The molecular formula is C20H24N6O2. The van der Waals surface area contributed by atoms with Crippen LogP contribution in [-0.4, -0.2) is 35.4 Å². The van der Waals surface area contributed by atoms with Gasteiger partial charge < -0.3 is 20.1 Å². The van der Waals surface area contributed by atoms with Crippen LogP contribution in [0.4, 0.5) is 22.9 Å². The summed E-state index contributed by atoms with van der Waals surface area (Å²) in [4.78, 5) is 14.2. The number of carbonyl (C=O) groups excluding carboxylic acids is 1. The van der Waals surface area contributed by atoms with E-state index in [4.69, 9.17) is 4.52 Å². The molecule has 28 heavy (non-hydrogen) atoms. The van der Waals surface area contributed by atoms with E-state index in [-0.39, 0.29) is 5.91 Å². The summed E-state index contributed by atoms with van der Waals surface area (Å²) in [6.45, 7) is 3.74. The van der Waals surface area contributed by atoms with E-state index in [0.717, 1.165) is 34.1 Å². The van der Waals surface area contributed by atoms with Crippen LogP contribution in [0.1, 0.15) is 23.4 Å². The van der Waals surface area contributed by atoms with E-state index in [1.807, 2.05) is 63.2 Å². The zero-order chi connectivity index (χ0) is 20.1. The van der Waals surface area contributed by atoms with E-state index >= 15 is 0 Å². The van der Waals surface area contributed by atoms with Gasteiger partial charge in [0.05, 0.1) is 17.6 Å². The number of anilines is 4. The Morgan fingerprint density at radius 2 is 1.86 bits per heavy atom. The second-order valence-corrected chi connectivity index (χ2v) is 6.75. The lowest BCUT2D eigenvalue weighted by atomic mass is 10.1. The first-order chi connectivity index (χ1) is 13.4. The summed E-state index contributed by atoms with van der Waals surface area (Å²) in [5.41, 5.74) is 4.39. The van der Waals surface area contributed by atoms with Gasteiger partial charge in [0.25, 0.3) is 0 Å². The van der Waals surface area contributed by atoms with Gasteiger partial charge in [0.15, 0.2) is 5.82 Å². The monoisotopic (exact) mass is 380 g/mol. The minimum absolute atomic E-state index is 0.0507. The van der Waals surface area contributed by atoms with Crippen molar-refractivity contribution in [1.29, 1.82) is 0 Å². The van der Waals surface area contributed by atoms with Crippen molar-refractivity contribution in [1.82, 2.24) is 15.4 Å². The summed E-state index contributed by atoms with van der Waals surface area (Å²) < 4.78 is 5.13. The molecule has 8 heteroatoms. The van der Waals surface area contributed by atoms with E-state index in [0.29, 0.717) is 18.7 Å². The Labute approximate surface area is 163 Å². The molecule has 0 saturated heterocycles. The zero-order valence-corrected chi connectivity index (χ0v) is 16.5. The molecule has 3 rings (SSSR count). The molecule has 1 aromatic carbocycles. The maximum absolute atomic E-state index is 12.2. The summed E-state index contributed by atoms with van der Waals surface area (Å²) in [6.07, 6.45) is 2.68. The number of nitrogens with one attached hydrogen (secondary N) is 2. The summed E-state index contributed by atoms with van der Waals surface area (Å²) in [7, 11) is 3.90. The molecule has 0 atom stereocenters. The molecule has 0 radical (unpaired) electrons. The summed E-state index contributed by atoms with van der Waals surface area (Å²) in [5.74, 6) is 1.37. The van der Waals surface area contributed by atoms with Gasteiger partial charge in [-0.2, -0.15) is 5.10 Å². The van der Waals surface area contributed by atoms with E-state index < -0.39 is 0 Å². The fourth-order valence-corrected chi connectivity index (χ4v) is 2.77. The van der Waals surface area contributed by atoms with Crippen molar-refractivity contribution in [3.63, 3.8) is 0 Å². The Bertz CT molecular complexity index is 930. The van der Waals surface area contributed by atoms with Crippen LogP contribution in [0.15, 0.2) is 41.1 Å². The van der Waals surface area contributed by atoms with Crippen molar-refractivity contribution < 1.29 is 9.32 Å². The molecule has 0 bridgehead atoms. The van der Waals surface area contributed by atoms with Crippen LogP contribution in [0.25, 0.3) is 0 Å². The molecule has 2 N–H and O–H groups in total. The van der Waals surface area contributed by atoms with Crippen LogP contribution in [0, 0.1) is 13.8 Å². The van der Waals surface area contributed by atoms with Gasteiger partial charge in [-0.3, -0.25) is 4.79 Å². The molecule has 0 saturated carbocycles. The highest BCUT2D eigenvalue weighted by Gasteiger charge is 2.11. The Hall–Kier alpha value is -3.42. The predicted molar refractivity (Wildman–Crippen MR) is 109 cm³/mol. The Morgan fingerprint density at radius 3 is 2.50 bits per heavy atom. The van der Waals surface area contributed by atoms with E-state index in [1.54, 1.807) is 6.20 Å². The molecule has 3 aromatic rings. The van der Waals surface area contributed by atoms with Crippen LogP contribution >= 0.6 is 0 Å². The Kier molecular flexibility index (Phi) is 5.88. The first-order valence-electron chi connectivity index (χ1n) is 9.01. The van der Waals surface area contributed by atoms with Crippen molar-refractivity contribution in [3.05, 3.63) is 53.5 Å². The lowest BCUT2D eigenvalue weighted by molar-refractivity contribution is -0.116. The normalized spacial score (nSPS) is 10.6. The highest BCUT2D eigenvalue weighted by molar-refractivity contribution is 5.91. The molecule has 0 unspecified atom stereocenters. The lowest BCUT2D eigenvalue weighted by Crippen LogP contribution is -2.12. The van der Waals surface area contributed by atoms with Crippen molar-refractivity contribution in [2.75, 3.05) is 29.6 Å². The third-order valence-corrected chi connectivity index (χ3v) is 4.38. The van der Waals surface area contributed by atoms with Gasteiger partial charge in [-0.05, 0) is 44.5 Å². The summed E-state index contributed by atoms with van der Waals surface area (Å²) >= 11 is 0. The number of benzene rings is 1. The molecule has 0 aliphatic rings. The van der Waals surface area contributed by atoms with Gasteiger partial charge in [0, 0.05) is 43.5 Å². The van der Waals surface area contributed by atoms with Crippen molar-refractivity contribution >= 4 is 28.8 Å². The van der Waals surface area contributed by atoms with E-state index in [1.165, 1.54) is 0 Å². The number of hydrogen-bond acceptors (Lipinski definition) is 7. The Balaban J connectivity index is 1.55. The van der Waals surface area contributed by atoms with Gasteiger partial charge in [-0.25, -0.2) is 0 Å². The van der Waals surface area contributed by atoms with Gasteiger partial charge in [0.1, 0.15) is 5.76 Å². The number of aryl methyl sites for hydroxylation is 2. The average molecular weight is 380 g/mol. The largest absolute Gasteiger partial charge is 0.376 e. The maximum atomic E-state index is 12.2. The van der Waals surface area contributed by atoms with E-state index in [9.17, 15) is 4.79 Å². The maximum Gasteiger partial charge on any atom is 0.224 e. The molecule has 146 valence electrons. The predicted octanol–water partition coefficient (Wildman–Crippen LogP) is 3.46. The molecule has 2 heterocycles. The molecular weight excluding hydrogens is 356 g/mol. The fraction of sp³-hybridized carbons (Fsp3) is 0.300. The minimum atomic E-state index is -0.0507. The third kappa shape index (κ3) is 4.85. The van der Waals surface area contributed by atoms with E-state index in [2.05, 4.69) is 26.0 Å². The average Bonchev–Trinajstić information content (AvgIpc) is 2.99. The molecule has 8 nitrogen and oxygen atoms in total. The van der Waals surface area contributed by atoms with Crippen LogP contribution in [-0.2, 0) is 11.2 Å². The fourth-order valence-electron chi connectivity index (χ4n) is 2.77. The standard InChI is InChI=1S/C20H24N6O2/c1-13-18(14(2)28-25-13)9-10-20(27)23-16-7-5-15(6-8-16)22-19-11-17(26(3)4)12-21-24-19/h5-8,11-12H,9-10H2,1-4H3,(H,22,24)(H,23,27). The molecule has 2 aromatic heterocycles. The molecule has 0 aliphatic heterocycles. The SMILES string of the molecule is Cc1noc(C)c1CCC(=O)Nc1ccc(Nc2cc(N(C)C)cnn2)cc1. The number of aromatic nitrogens is 3. The molecule has 1 amide bonds. The molecule has 0 spiro atoms. The van der Waals surface area contributed by atoms with Crippen molar-refractivity contribution in [2.24, 2.45) is 0 Å². The summed E-state index contributed by atoms with van der Waals surface area (Å²) in [5, 5.41) is 18.1. The minimum Gasteiger partial charge on any atom is -0.376 e. The van der Waals surface area contributed by atoms with Crippen molar-refractivity contribution in [3.8, 4) is 0 Å². The van der Waals surface area contributed by atoms with Crippen LogP contribution in [0.5, 0.6) is 0 Å². The highest BCUT2D eigenvalue weighted by Crippen LogP contribution is 2.20. The molecule has 0 fully saturated rings. The molecule has 0 aliphatic carbocycles. The Morgan fingerprint density at radius 1 is 1.14 bits per heavy atom. The second kappa shape index (κ2) is 8.51. The number of nitrogens with zero attached hydrogens (tertiary/aromatic N) is 4. The topological polar surface area (TPSA) is 96.2 Å². The van der Waals surface area contributed by atoms with Gasteiger partial charge >= 0.3 is 0 Å². The number of hydrogen-bond donors (Lipinski definition) is 2. The number of carbonyl (C=O) groups is 1. The van der Waals surface area contributed by atoms with Crippen LogP contribution in [0.3, 0.4) is 0 Å². The van der Waals surface area contributed by atoms with Gasteiger partial charge in [0.2, 0.25) is 5.91 Å². The highest BCUT2D eigenvalue weighted by atomic mass is 16.5. The number of rotatable bonds is 7. The van der Waals surface area contributed by atoms with Crippen molar-refractivity contribution in [2.45, 2.75) is 26.7 Å². The quantitative estimate of drug-likeness (QED) is 0.648. The first-order valence-corrected chi connectivity index (χ1v) is 9.01. The zero-order valence-electron chi connectivity index (χ0n) is 16.5. The third-order valence-electron chi connectivity index (χ3n) is 4.38. The van der Waals surface area contributed by atoms with Gasteiger partial charge in [-0.1, -0.05) is 5.16 Å². The first kappa shape index (κ1) is 19.3. The smallest absolute Gasteiger partial charge is 0.224 e. The summed E-state index contributed by atoms with van der Waals surface area (Å²) in [6, 6.07) is 9.37. The number of amides is 1. The van der Waals surface area contributed by atoms with Crippen LogP contribution in [0.2, 0.25) is 0 Å². The second-order valence-electron chi connectivity index (χ2n) is 6.75. The van der Waals surface area contributed by atoms with Crippen LogP contribution < -0.4 is 15.5 Å².